The summed E-state index contributed by atoms with van der Waals surface area (Å²) in [6.45, 7) is 37.7. The van der Waals surface area contributed by atoms with Gasteiger partial charge in [0.1, 0.15) is 32.0 Å². The Morgan fingerprint density at radius 1 is 0.261 bits per heavy atom. The highest BCUT2D eigenvalue weighted by molar-refractivity contribution is 5.70. The number of esters is 3. The van der Waals surface area contributed by atoms with E-state index in [4.69, 9.17) is 38.3 Å². The third-order valence-corrected chi connectivity index (χ3v) is 21.5. The van der Waals surface area contributed by atoms with Crippen molar-refractivity contribution in [3.05, 3.63) is 0 Å². The van der Waals surface area contributed by atoms with Crippen molar-refractivity contribution in [1.29, 1.82) is 0 Å². The molecule has 0 spiro atoms. The quantitative estimate of drug-likeness (QED) is 0.0328. The summed E-state index contributed by atoms with van der Waals surface area (Å²) in [6.07, 6.45) is 53.5. The molecule has 111 heavy (non-hydrogen) atoms. The Morgan fingerprint density at radius 3 is 0.838 bits per heavy atom. The Hall–Kier alpha value is -3.78. The maximum Gasteiger partial charge on any atom is 0.508 e. The van der Waals surface area contributed by atoms with Gasteiger partial charge in [0.2, 0.25) is 0 Å². The van der Waals surface area contributed by atoms with Gasteiger partial charge in [-0.1, -0.05) is 301 Å². The van der Waals surface area contributed by atoms with Crippen LogP contribution >= 0.6 is 0 Å². The van der Waals surface area contributed by atoms with E-state index >= 15 is 0 Å². The van der Waals surface area contributed by atoms with Crippen molar-refractivity contribution in [2.45, 2.75) is 429 Å². The number of carboxylic acids is 1. The molecule has 0 aliphatic rings. The summed E-state index contributed by atoms with van der Waals surface area (Å²) in [7, 11) is 0. The highest BCUT2D eigenvalue weighted by atomic mass is 16.7. The van der Waals surface area contributed by atoms with E-state index in [1.165, 1.54) is 167 Å². The number of aliphatic hydroxyl groups excluding tert-OH is 1. The van der Waals surface area contributed by atoms with E-state index in [1.54, 1.807) is 0 Å². The molecule has 0 bridgehead atoms. The lowest BCUT2D eigenvalue weighted by atomic mass is 9.95. The van der Waals surface area contributed by atoms with Gasteiger partial charge in [-0.15, -0.1) is 0 Å². The van der Waals surface area contributed by atoms with E-state index in [-0.39, 0.29) is 49.9 Å². The number of carboxylic acid groups (broad SMARTS) is 1. The van der Waals surface area contributed by atoms with Gasteiger partial charge in [0.25, 0.3) is 0 Å². The number of nitrogens with zero attached hydrogens (tertiary/aromatic N) is 4. The van der Waals surface area contributed by atoms with Crippen molar-refractivity contribution < 1.29 is 72.1 Å². The van der Waals surface area contributed by atoms with Crippen LogP contribution in [0, 0.1) is 11.8 Å². The Bertz CT molecular complexity index is 2000. The van der Waals surface area contributed by atoms with Crippen LogP contribution in [0.3, 0.4) is 0 Å². The first-order valence-corrected chi connectivity index (χ1v) is 46.9. The molecule has 4 unspecified atom stereocenters. The second kappa shape index (κ2) is 88.6. The fourth-order valence-corrected chi connectivity index (χ4v) is 13.8. The topological polar surface area (TPSA) is 220 Å². The zero-order valence-electron chi connectivity index (χ0n) is 74.8. The number of likely N-dealkylation sites (N-methyl/N-ethyl adjacent to an activating group) is 2. The van der Waals surface area contributed by atoms with Gasteiger partial charge in [-0.3, -0.25) is 29.0 Å². The number of hydrogen-bond donors (Lipinski definition) is 2. The molecule has 0 aromatic rings. The van der Waals surface area contributed by atoms with Crippen LogP contribution < -0.4 is 0 Å². The molecule has 0 aliphatic carbocycles. The van der Waals surface area contributed by atoms with Gasteiger partial charge in [-0.05, 0) is 128 Å². The first-order valence-electron chi connectivity index (χ1n) is 46.9. The molecule has 0 aromatic carbocycles. The SMILES string of the molecule is CCCCCCCC(=O)O.CCCCCCCCC(CCCCCC)COC(=O)CCCC(CCCCCC)OC(=O)OCCN(CCO)CCN(CC)CC.CCCCCCCCC(CCCCCC)COC(=O)CCCC(CCCCCC)OC(=O)OCCN(CCOC(=O)CCCCCCC)CCN(CC)CC. The summed E-state index contributed by atoms with van der Waals surface area (Å²) < 4.78 is 39.8. The maximum absolute atomic E-state index is 12.9. The van der Waals surface area contributed by atoms with Crippen LogP contribution in [0.1, 0.15) is 417 Å². The van der Waals surface area contributed by atoms with Crippen LogP contribution in [-0.2, 0) is 52.3 Å². The lowest BCUT2D eigenvalue weighted by Gasteiger charge is -2.26. The van der Waals surface area contributed by atoms with Gasteiger partial charge < -0.3 is 53.2 Å². The van der Waals surface area contributed by atoms with E-state index < -0.39 is 18.3 Å². The minimum atomic E-state index is -0.670. The average molecular weight is 1580 g/mol. The molecular formula is C92H182N4O15. The third-order valence-electron chi connectivity index (χ3n) is 21.5. The highest BCUT2D eigenvalue weighted by Gasteiger charge is 2.22. The van der Waals surface area contributed by atoms with E-state index in [1.807, 2.05) is 0 Å². The fourth-order valence-electron chi connectivity index (χ4n) is 13.8. The normalized spacial score (nSPS) is 12.4. The molecule has 0 aliphatic heterocycles. The van der Waals surface area contributed by atoms with Crippen molar-refractivity contribution in [3.63, 3.8) is 0 Å². The second-order valence-corrected chi connectivity index (χ2v) is 31.5. The molecule has 19 heteroatoms. The Labute approximate surface area is 683 Å². The summed E-state index contributed by atoms with van der Waals surface area (Å²) in [5.41, 5.74) is 0. The Kier molecular flexibility index (Phi) is 88.9. The van der Waals surface area contributed by atoms with Crippen molar-refractivity contribution in [2.24, 2.45) is 11.8 Å². The third kappa shape index (κ3) is 81.2. The molecule has 19 nitrogen and oxygen atoms in total. The summed E-state index contributed by atoms with van der Waals surface area (Å²) >= 11 is 0. The predicted octanol–water partition coefficient (Wildman–Crippen LogP) is 23.7. The lowest BCUT2D eigenvalue weighted by Crippen LogP contribution is -2.39. The summed E-state index contributed by atoms with van der Waals surface area (Å²) in [6, 6.07) is 0. The molecule has 2 N–H and O–H groups in total. The van der Waals surface area contributed by atoms with Gasteiger partial charge in [-0.25, -0.2) is 9.59 Å². The van der Waals surface area contributed by atoms with Crippen LogP contribution in [0.5, 0.6) is 0 Å². The van der Waals surface area contributed by atoms with Gasteiger partial charge in [0.05, 0.1) is 19.8 Å². The predicted molar refractivity (Wildman–Crippen MR) is 461 cm³/mol. The van der Waals surface area contributed by atoms with Gasteiger partial charge in [0, 0.05) is 78.0 Å². The van der Waals surface area contributed by atoms with Crippen molar-refractivity contribution >= 4 is 36.2 Å². The molecule has 0 rings (SSSR count). The van der Waals surface area contributed by atoms with E-state index in [0.29, 0.717) is 109 Å². The number of unbranched alkanes of at least 4 members (excludes halogenated alkanes) is 30. The number of aliphatic hydroxyl groups is 1. The maximum atomic E-state index is 12.9. The largest absolute Gasteiger partial charge is 0.508 e. The molecule has 0 radical (unpaired) electrons. The number of hydrogen-bond acceptors (Lipinski definition) is 18. The molecule has 0 amide bonds. The number of carbonyl (C=O) groups excluding carboxylic acids is 5. The van der Waals surface area contributed by atoms with Crippen molar-refractivity contribution in [3.8, 4) is 0 Å². The van der Waals surface area contributed by atoms with E-state index in [0.717, 1.165) is 168 Å². The first-order chi connectivity index (χ1) is 54.0. The monoisotopic (exact) mass is 1580 g/mol. The average Bonchev–Trinajstić information content (AvgIpc) is 0.976. The van der Waals surface area contributed by atoms with E-state index in [9.17, 15) is 33.9 Å². The summed E-state index contributed by atoms with van der Waals surface area (Å²) in [4.78, 5) is 82.3. The molecule has 0 aromatic heterocycles. The Morgan fingerprint density at radius 2 is 0.514 bits per heavy atom. The first kappa shape index (κ1) is 111. The molecule has 4 atom stereocenters. The lowest BCUT2D eigenvalue weighted by molar-refractivity contribution is -0.146. The summed E-state index contributed by atoms with van der Waals surface area (Å²) in [5.74, 6) is -0.175. The second-order valence-electron chi connectivity index (χ2n) is 31.5. The van der Waals surface area contributed by atoms with E-state index in [2.05, 4.69) is 103 Å². The molecule has 0 fully saturated rings. The van der Waals surface area contributed by atoms with Gasteiger partial charge >= 0.3 is 36.2 Å². The molecule has 0 heterocycles. The number of rotatable bonds is 81. The van der Waals surface area contributed by atoms with Crippen LogP contribution in [0.25, 0.3) is 0 Å². The summed E-state index contributed by atoms with van der Waals surface area (Å²) in [5, 5.41) is 17.7. The highest BCUT2D eigenvalue weighted by Crippen LogP contribution is 2.24. The smallest absolute Gasteiger partial charge is 0.481 e. The molecule has 660 valence electrons. The van der Waals surface area contributed by atoms with Crippen LogP contribution in [0.4, 0.5) is 9.59 Å². The van der Waals surface area contributed by atoms with Crippen LogP contribution in [0.15, 0.2) is 0 Å². The minimum absolute atomic E-state index is 0.0731. The molecular weight excluding hydrogens is 1400 g/mol. The van der Waals surface area contributed by atoms with Gasteiger partial charge in [-0.2, -0.15) is 0 Å². The molecule has 0 saturated carbocycles. The number of aliphatic carboxylic acids is 1. The van der Waals surface area contributed by atoms with Crippen molar-refractivity contribution in [1.82, 2.24) is 19.6 Å². The minimum Gasteiger partial charge on any atom is -0.481 e. The Balaban J connectivity index is -0.00000189. The molecule has 0 saturated heterocycles. The van der Waals surface area contributed by atoms with Gasteiger partial charge in [0.15, 0.2) is 0 Å². The number of ether oxygens (including phenoxy) is 7. The number of carbonyl (C=O) groups is 6. The zero-order chi connectivity index (χ0) is 82.5. The zero-order valence-corrected chi connectivity index (χ0v) is 74.8. The standard InChI is InChI=1S/C46H90N2O7.C38H76N2O6.C8H16O2/c1-7-13-17-21-23-25-30-42(29-24-19-15-9-3)41-54-45(50)34-28-32-43(31-26-20-16-10-4)55-46(51)53-40-38-48(36-35-47(11-5)12-6)37-39-52-44(49)33-27-22-18-14-8-2;1-6-11-14-17-18-20-24-35(23-19-15-12-7-2)34-45-37(42)27-22-26-36(25-21-16-13-8-3)46-38(43)44-33-31-40(30-32-41)29-28-39(9-4)10-5;1-2-3-4-5-6-7-8(9)10/h42-43H,7-41H2,1-6H3;35-36,41H,6-34H2,1-5H3;2-7H2,1H3,(H,9,10). The van der Waals surface area contributed by atoms with Crippen LogP contribution in [0.2, 0.25) is 0 Å². The van der Waals surface area contributed by atoms with Crippen molar-refractivity contribution in [2.75, 3.05) is 118 Å². The fraction of sp³-hybridized carbons (Fsp3) is 0.935. The van der Waals surface area contributed by atoms with Crippen LogP contribution in [-0.4, -0.2) is 196 Å².